The Morgan fingerprint density at radius 3 is 2.86 bits per heavy atom. The van der Waals surface area contributed by atoms with Gasteiger partial charge in [-0.25, -0.2) is 4.79 Å². The predicted octanol–water partition coefficient (Wildman–Crippen LogP) is 2.76. The zero-order valence-electron chi connectivity index (χ0n) is 13.5. The molecule has 1 aromatic carbocycles. The molecule has 4 nitrogen and oxygen atoms in total. The molecule has 2 heterocycles. The number of nitrogens with zero attached hydrogens (tertiary/aromatic N) is 2. The van der Waals surface area contributed by atoms with E-state index < -0.39 is 0 Å². The fourth-order valence-electron chi connectivity index (χ4n) is 3.24. The standard InChI is InChI=1S/C18H25N3O/c1-14(2)20-9-10-21(18(20)22)17-7-3-5-15(12-17)11-16-6-4-8-19-13-16/h3,5,7,9-10,12,14,16,19H,4,6,8,11,13H2,1-2H3. The number of hydrogen-bond donors (Lipinski definition) is 1. The number of hydrogen-bond acceptors (Lipinski definition) is 2. The van der Waals surface area contributed by atoms with Gasteiger partial charge in [-0.1, -0.05) is 12.1 Å². The molecule has 4 heteroatoms. The number of piperidine rings is 1. The third kappa shape index (κ3) is 3.17. The van der Waals surface area contributed by atoms with Crippen LogP contribution in [0, 0.1) is 5.92 Å². The Morgan fingerprint density at radius 1 is 1.32 bits per heavy atom. The third-order valence-electron chi connectivity index (χ3n) is 4.47. The molecular weight excluding hydrogens is 274 g/mol. The maximum atomic E-state index is 12.4. The molecule has 1 N–H and O–H groups in total. The van der Waals surface area contributed by atoms with Crippen LogP contribution in [0.25, 0.3) is 5.69 Å². The highest BCUT2D eigenvalue weighted by Crippen LogP contribution is 2.18. The van der Waals surface area contributed by atoms with Crippen LogP contribution in [0.3, 0.4) is 0 Å². The van der Waals surface area contributed by atoms with Crippen molar-refractivity contribution in [3.63, 3.8) is 0 Å². The summed E-state index contributed by atoms with van der Waals surface area (Å²) in [5, 5.41) is 3.47. The van der Waals surface area contributed by atoms with Crippen molar-refractivity contribution in [2.45, 2.75) is 39.2 Å². The van der Waals surface area contributed by atoms with Crippen molar-refractivity contribution >= 4 is 0 Å². The van der Waals surface area contributed by atoms with Crippen molar-refractivity contribution in [1.82, 2.24) is 14.5 Å². The fourth-order valence-corrected chi connectivity index (χ4v) is 3.24. The van der Waals surface area contributed by atoms with E-state index >= 15 is 0 Å². The summed E-state index contributed by atoms with van der Waals surface area (Å²) in [5.74, 6) is 0.709. The van der Waals surface area contributed by atoms with Crippen LogP contribution in [0.1, 0.15) is 38.3 Å². The van der Waals surface area contributed by atoms with Crippen molar-refractivity contribution in [3.05, 3.63) is 52.7 Å². The highest BCUT2D eigenvalue weighted by Gasteiger charge is 2.14. The lowest BCUT2D eigenvalue weighted by Gasteiger charge is -2.22. The predicted molar refractivity (Wildman–Crippen MR) is 89.7 cm³/mol. The molecule has 0 bridgehead atoms. The normalized spacial score (nSPS) is 18.8. The monoisotopic (exact) mass is 299 g/mol. The SMILES string of the molecule is CC(C)n1ccn(-c2cccc(CC3CCCNC3)c2)c1=O. The third-order valence-corrected chi connectivity index (χ3v) is 4.47. The summed E-state index contributed by atoms with van der Waals surface area (Å²) < 4.78 is 3.50. The van der Waals surface area contributed by atoms with E-state index in [4.69, 9.17) is 0 Å². The topological polar surface area (TPSA) is 39.0 Å². The van der Waals surface area contributed by atoms with E-state index in [0.29, 0.717) is 5.92 Å². The molecular formula is C18H25N3O. The van der Waals surface area contributed by atoms with E-state index in [2.05, 4.69) is 23.5 Å². The maximum Gasteiger partial charge on any atom is 0.332 e. The van der Waals surface area contributed by atoms with Gasteiger partial charge in [0, 0.05) is 18.4 Å². The van der Waals surface area contributed by atoms with Crippen molar-refractivity contribution in [3.8, 4) is 5.69 Å². The van der Waals surface area contributed by atoms with Gasteiger partial charge in [0.25, 0.3) is 0 Å². The lowest BCUT2D eigenvalue weighted by atomic mass is 9.92. The van der Waals surface area contributed by atoms with Crippen LogP contribution in [0.15, 0.2) is 41.5 Å². The summed E-state index contributed by atoms with van der Waals surface area (Å²) in [7, 11) is 0. The van der Waals surface area contributed by atoms with Gasteiger partial charge in [-0.3, -0.25) is 9.13 Å². The van der Waals surface area contributed by atoms with Crippen LogP contribution in [0.5, 0.6) is 0 Å². The Labute approximate surface area is 131 Å². The molecule has 1 atom stereocenters. The van der Waals surface area contributed by atoms with Gasteiger partial charge in [0.2, 0.25) is 0 Å². The second kappa shape index (κ2) is 6.53. The Morgan fingerprint density at radius 2 is 2.18 bits per heavy atom. The molecule has 1 saturated heterocycles. The first-order valence-corrected chi connectivity index (χ1v) is 8.24. The van der Waals surface area contributed by atoms with Gasteiger partial charge >= 0.3 is 5.69 Å². The van der Waals surface area contributed by atoms with Crippen LogP contribution in [0.2, 0.25) is 0 Å². The Hall–Kier alpha value is -1.81. The molecule has 0 radical (unpaired) electrons. The molecule has 0 aliphatic carbocycles. The highest BCUT2D eigenvalue weighted by molar-refractivity contribution is 5.36. The second-order valence-corrected chi connectivity index (χ2v) is 6.54. The average Bonchev–Trinajstić information content (AvgIpc) is 2.90. The molecule has 0 saturated carbocycles. The van der Waals surface area contributed by atoms with Gasteiger partial charge in [-0.15, -0.1) is 0 Å². The summed E-state index contributed by atoms with van der Waals surface area (Å²) in [6.45, 7) is 6.30. The van der Waals surface area contributed by atoms with Crippen molar-refractivity contribution in [2.75, 3.05) is 13.1 Å². The zero-order valence-corrected chi connectivity index (χ0v) is 13.5. The molecule has 1 fully saturated rings. The maximum absolute atomic E-state index is 12.4. The number of imidazole rings is 1. The molecule has 1 unspecified atom stereocenters. The number of nitrogens with one attached hydrogen (secondary N) is 1. The molecule has 1 aliphatic heterocycles. The first-order valence-electron chi connectivity index (χ1n) is 8.24. The zero-order chi connectivity index (χ0) is 15.5. The van der Waals surface area contributed by atoms with Crippen LogP contribution in [-0.2, 0) is 6.42 Å². The van der Waals surface area contributed by atoms with Crippen LogP contribution < -0.4 is 11.0 Å². The van der Waals surface area contributed by atoms with Crippen molar-refractivity contribution in [1.29, 1.82) is 0 Å². The summed E-state index contributed by atoms with van der Waals surface area (Å²) in [6.07, 6.45) is 7.37. The molecule has 0 amide bonds. The minimum Gasteiger partial charge on any atom is -0.316 e. The minimum atomic E-state index is 0.0338. The first kappa shape index (κ1) is 15.1. The van der Waals surface area contributed by atoms with Gasteiger partial charge in [-0.2, -0.15) is 0 Å². The van der Waals surface area contributed by atoms with Gasteiger partial charge in [-0.05, 0) is 69.8 Å². The van der Waals surface area contributed by atoms with Crippen LogP contribution >= 0.6 is 0 Å². The van der Waals surface area contributed by atoms with E-state index in [1.54, 1.807) is 9.13 Å². The molecule has 22 heavy (non-hydrogen) atoms. The van der Waals surface area contributed by atoms with Crippen molar-refractivity contribution in [2.24, 2.45) is 5.92 Å². The van der Waals surface area contributed by atoms with Gasteiger partial charge < -0.3 is 5.32 Å². The number of rotatable bonds is 4. The van der Waals surface area contributed by atoms with E-state index in [1.807, 2.05) is 32.3 Å². The lowest BCUT2D eigenvalue weighted by molar-refractivity contribution is 0.376. The van der Waals surface area contributed by atoms with E-state index in [-0.39, 0.29) is 11.7 Å². The Balaban J connectivity index is 1.83. The summed E-state index contributed by atoms with van der Waals surface area (Å²) in [6, 6.07) is 8.57. The number of benzene rings is 1. The summed E-state index contributed by atoms with van der Waals surface area (Å²) >= 11 is 0. The number of aromatic nitrogens is 2. The Bertz CT molecular complexity index is 678. The highest BCUT2D eigenvalue weighted by atomic mass is 16.1. The van der Waals surface area contributed by atoms with Crippen molar-refractivity contribution < 1.29 is 0 Å². The first-order chi connectivity index (χ1) is 10.6. The summed E-state index contributed by atoms with van der Waals surface area (Å²) in [4.78, 5) is 12.4. The van der Waals surface area contributed by atoms with Crippen LogP contribution in [-0.4, -0.2) is 22.2 Å². The Kier molecular flexibility index (Phi) is 4.48. The molecule has 0 spiro atoms. The van der Waals surface area contributed by atoms with Gasteiger partial charge in [0.15, 0.2) is 0 Å². The quantitative estimate of drug-likeness (QED) is 0.943. The molecule has 1 aromatic heterocycles. The van der Waals surface area contributed by atoms with E-state index in [9.17, 15) is 4.79 Å². The minimum absolute atomic E-state index is 0.0338. The smallest absolute Gasteiger partial charge is 0.316 e. The lowest BCUT2D eigenvalue weighted by Crippen LogP contribution is -2.30. The van der Waals surface area contributed by atoms with Gasteiger partial charge in [0.05, 0.1) is 5.69 Å². The molecule has 1 aliphatic rings. The molecule has 3 rings (SSSR count). The second-order valence-electron chi connectivity index (χ2n) is 6.54. The van der Waals surface area contributed by atoms with Gasteiger partial charge in [0.1, 0.15) is 0 Å². The largest absolute Gasteiger partial charge is 0.332 e. The van der Waals surface area contributed by atoms with E-state index in [0.717, 1.165) is 25.2 Å². The average molecular weight is 299 g/mol. The van der Waals surface area contributed by atoms with Crippen LogP contribution in [0.4, 0.5) is 0 Å². The summed E-state index contributed by atoms with van der Waals surface area (Å²) in [5.41, 5.74) is 2.31. The molecule has 118 valence electrons. The fraction of sp³-hybridized carbons (Fsp3) is 0.500. The van der Waals surface area contributed by atoms with E-state index in [1.165, 1.54) is 18.4 Å². The molecule has 2 aromatic rings.